The highest BCUT2D eigenvalue weighted by atomic mass is 35.5. The zero-order valence-corrected chi connectivity index (χ0v) is 18.1. The standard InChI is InChI=1S/C23H14ClF6N3O2/c24-15-3-1-12(2-4-15)11-35-18-6-5-16(17-8-19(33-32-17)23(28,29)30)21(34)20(18)13-7-14(10-31-9-13)22(25,26)27/h1-10,34H,11H2,(H,32,33). The lowest BCUT2D eigenvalue weighted by Crippen LogP contribution is -2.06. The van der Waals surface area contributed by atoms with Crippen molar-refractivity contribution in [2.24, 2.45) is 0 Å². The van der Waals surface area contributed by atoms with E-state index in [0.717, 1.165) is 12.3 Å². The molecule has 182 valence electrons. The summed E-state index contributed by atoms with van der Waals surface area (Å²) in [7, 11) is 0. The lowest BCUT2D eigenvalue weighted by atomic mass is 9.98. The second-order valence-electron chi connectivity index (χ2n) is 7.37. The van der Waals surface area contributed by atoms with Gasteiger partial charge in [0.25, 0.3) is 0 Å². The maximum atomic E-state index is 13.3. The maximum Gasteiger partial charge on any atom is 0.432 e. The van der Waals surface area contributed by atoms with Gasteiger partial charge in [-0.25, -0.2) is 0 Å². The summed E-state index contributed by atoms with van der Waals surface area (Å²) in [6, 6.07) is 10.6. The van der Waals surface area contributed by atoms with Crippen LogP contribution in [0.1, 0.15) is 16.8 Å². The van der Waals surface area contributed by atoms with Crippen LogP contribution in [0.15, 0.2) is 60.9 Å². The molecule has 2 aromatic heterocycles. The number of rotatable bonds is 5. The number of halogens is 7. The summed E-state index contributed by atoms with van der Waals surface area (Å²) in [5, 5.41) is 16.9. The molecule has 0 aliphatic carbocycles. The number of H-pyrrole nitrogens is 1. The van der Waals surface area contributed by atoms with Crippen LogP contribution in [0.3, 0.4) is 0 Å². The Kier molecular flexibility index (Phi) is 6.37. The Hall–Kier alpha value is -3.73. The van der Waals surface area contributed by atoms with E-state index >= 15 is 0 Å². The van der Waals surface area contributed by atoms with Crippen molar-refractivity contribution in [1.82, 2.24) is 15.2 Å². The number of ether oxygens (including phenoxy) is 1. The number of phenols is 1. The molecule has 0 atom stereocenters. The fraction of sp³-hybridized carbons (Fsp3) is 0.130. The fourth-order valence-corrected chi connectivity index (χ4v) is 3.38. The monoisotopic (exact) mass is 513 g/mol. The molecule has 0 saturated carbocycles. The molecule has 0 aliphatic rings. The van der Waals surface area contributed by atoms with Crippen LogP contribution in [-0.2, 0) is 19.0 Å². The number of hydrogen-bond donors (Lipinski definition) is 2. The molecule has 0 aliphatic heterocycles. The highest BCUT2D eigenvalue weighted by Gasteiger charge is 2.34. The largest absolute Gasteiger partial charge is 0.506 e. The molecular weight excluding hydrogens is 500 g/mol. The van der Waals surface area contributed by atoms with E-state index in [9.17, 15) is 31.4 Å². The summed E-state index contributed by atoms with van der Waals surface area (Å²) in [6.07, 6.45) is -7.74. The molecule has 35 heavy (non-hydrogen) atoms. The molecule has 4 rings (SSSR count). The van der Waals surface area contributed by atoms with Gasteiger partial charge < -0.3 is 9.84 Å². The van der Waals surface area contributed by atoms with Crippen molar-refractivity contribution in [1.29, 1.82) is 0 Å². The van der Waals surface area contributed by atoms with Gasteiger partial charge in [0, 0.05) is 28.5 Å². The minimum Gasteiger partial charge on any atom is -0.506 e. The average Bonchev–Trinajstić information content (AvgIpc) is 3.29. The van der Waals surface area contributed by atoms with E-state index < -0.39 is 29.4 Å². The van der Waals surface area contributed by atoms with E-state index in [4.69, 9.17) is 16.3 Å². The third-order valence-electron chi connectivity index (χ3n) is 4.96. The van der Waals surface area contributed by atoms with Crippen molar-refractivity contribution in [3.8, 4) is 33.9 Å². The van der Waals surface area contributed by atoms with E-state index in [1.54, 1.807) is 24.3 Å². The molecule has 0 amide bonds. The highest BCUT2D eigenvalue weighted by Crippen LogP contribution is 2.45. The molecule has 0 fully saturated rings. The first kappa shape index (κ1) is 24.4. The number of aromatic hydroxyl groups is 1. The van der Waals surface area contributed by atoms with Crippen molar-refractivity contribution in [3.63, 3.8) is 0 Å². The number of nitrogens with one attached hydrogen (secondary N) is 1. The molecule has 0 saturated heterocycles. The summed E-state index contributed by atoms with van der Waals surface area (Å²) < 4.78 is 84.6. The summed E-state index contributed by atoms with van der Waals surface area (Å²) >= 11 is 5.86. The van der Waals surface area contributed by atoms with Crippen LogP contribution in [0.5, 0.6) is 11.5 Å². The van der Waals surface area contributed by atoms with Gasteiger partial charge in [0.2, 0.25) is 0 Å². The predicted octanol–water partition coefficient (Wildman–Crippen LogP) is 7.11. The van der Waals surface area contributed by atoms with Crippen molar-refractivity contribution in [3.05, 3.63) is 82.8 Å². The zero-order chi connectivity index (χ0) is 25.4. The van der Waals surface area contributed by atoms with Gasteiger partial charge >= 0.3 is 12.4 Å². The quantitative estimate of drug-likeness (QED) is 0.279. The lowest BCUT2D eigenvalue weighted by Gasteiger charge is -2.16. The van der Waals surface area contributed by atoms with Crippen molar-refractivity contribution in [2.75, 3.05) is 0 Å². The topological polar surface area (TPSA) is 71.0 Å². The van der Waals surface area contributed by atoms with Gasteiger partial charge in [-0.2, -0.15) is 31.4 Å². The van der Waals surface area contributed by atoms with Gasteiger partial charge in [-0.1, -0.05) is 23.7 Å². The van der Waals surface area contributed by atoms with Gasteiger partial charge in [-0.15, -0.1) is 0 Å². The van der Waals surface area contributed by atoms with E-state index in [2.05, 4.69) is 10.1 Å². The average molecular weight is 514 g/mol. The molecule has 0 radical (unpaired) electrons. The van der Waals surface area contributed by atoms with Crippen LogP contribution in [0.2, 0.25) is 5.02 Å². The van der Waals surface area contributed by atoms with Gasteiger partial charge in [0.15, 0.2) is 0 Å². The summed E-state index contributed by atoms with van der Waals surface area (Å²) in [4.78, 5) is 3.60. The third-order valence-corrected chi connectivity index (χ3v) is 5.21. The number of aromatic amines is 1. The first-order chi connectivity index (χ1) is 16.4. The Balaban J connectivity index is 1.81. The Morgan fingerprint density at radius 3 is 2.26 bits per heavy atom. The van der Waals surface area contributed by atoms with Crippen molar-refractivity contribution < 1.29 is 36.2 Å². The summed E-state index contributed by atoms with van der Waals surface area (Å²) in [6.45, 7) is -0.0318. The SMILES string of the molecule is Oc1c(-c2cc(C(F)(F)F)[nH]n2)ccc(OCc2ccc(Cl)cc2)c1-c1cncc(C(F)(F)F)c1. The molecule has 0 unspecified atom stereocenters. The van der Waals surface area contributed by atoms with Crippen LogP contribution in [0.25, 0.3) is 22.4 Å². The minimum atomic E-state index is -4.72. The van der Waals surface area contributed by atoms with E-state index in [1.165, 1.54) is 12.1 Å². The Labute approximate surface area is 199 Å². The van der Waals surface area contributed by atoms with Crippen LogP contribution < -0.4 is 4.74 Å². The van der Waals surface area contributed by atoms with Crippen LogP contribution in [-0.4, -0.2) is 20.3 Å². The molecule has 4 aromatic rings. The molecule has 2 N–H and O–H groups in total. The van der Waals surface area contributed by atoms with Gasteiger partial charge in [-0.05, 0) is 42.0 Å². The van der Waals surface area contributed by atoms with Gasteiger partial charge in [0.05, 0.1) is 16.8 Å². The lowest BCUT2D eigenvalue weighted by molar-refractivity contribution is -0.141. The van der Waals surface area contributed by atoms with Crippen molar-refractivity contribution >= 4 is 11.6 Å². The number of nitrogens with zero attached hydrogens (tertiary/aromatic N) is 2. The number of alkyl halides is 6. The Bertz CT molecular complexity index is 1350. The molecule has 2 heterocycles. The first-order valence-corrected chi connectivity index (χ1v) is 10.2. The van der Waals surface area contributed by atoms with Gasteiger partial charge in [-0.3, -0.25) is 10.1 Å². The third kappa shape index (κ3) is 5.35. The van der Waals surface area contributed by atoms with Crippen LogP contribution in [0, 0.1) is 0 Å². The fourth-order valence-electron chi connectivity index (χ4n) is 3.26. The number of hydrogen-bond acceptors (Lipinski definition) is 4. The molecule has 0 spiro atoms. The van der Waals surface area contributed by atoms with E-state index in [-0.39, 0.29) is 34.7 Å². The number of aromatic nitrogens is 3. The molecule has 0 bridgehead atoms. The zero-order valence-electron chi connectivity index (χ0n) is 17.4. The van der Waals surface area contributed by atoms with Crippen LogP contribution in [0.4, 0.5) is 26.3 Å². The number of phenolic OH excluding ortho intramolecular Hbond substituents is 1. The van der Waals surface area contributed by atoms with Gasteiger partial charge in [0.1, 0.15) is 23.8 Å². The smallest absolute Gasteiger partial charge is 0.432 e. The summed E-state index contributed by atoms with van der Waals surface area (Å²) in [5.74, 6) is -0.645. The predicted molar refractivity (Wildman–Crippen MR) is 115 cm³/mol. The second kappa shape index (κ2) is 9.14. The minimum absolute atomic E-state index is 0.0195. The second-order valence-corrected chi connectivity index (χ2v) is 7.81. The number of pyridine rings is 1. The maximum absolute atomic E-state index is 13.3. The highest BCUT2D eigenvalue weighted by molar-refractivity contribution is 6.30. The van der Waals surface area contributed by atoms with Crippen molar-refractivity contribution in [2.45, 2.75) is 19.0 Å². The number of benzene rings is 2. The van der Waals surface area contributed by atoms with Crippen LogP contribution >= 0.6 is 11.6 Å². The molecule has 2 aromatic carbocycles. The summed E-state index contributed by atoms with van der Waals surface area (Å²) in [5.41, 5.74) is -2.32. The molecule has 12 heteroatoms. The molecule has 5 nitrogen and oxygen atoms in total. The molecular formula is C23H14ClF6N3O2. The first-order valence-electron chi connectivity index (χ1n) is 9.82. The van der Waals surface area contributed by atoms with E-state index in [1.807, 2.05) is 5.10 Å². The normalized spacial score (nSPS) is 12.1. The Morgan fingerprint density at radius 2 is 1.63 bits per heavy atom. The Morgan fingerprint density at radius 1 is 0.914 bits per heavy atom. The van der Waals surface area contributed by atoms with E-state index in [0.29, 0.717) is 22.8 Å².